The summed E-state index contributed by atoms with van der Waals surface area (Å²) < 4.78 is 16.2. The normalized spacial score (nSPS) is 11.1. The van der Waals surface area contributed by atoms with E-state index >= 15 is 0 Å². The molecule has 3 aromatic rings. The molecule has 0 bridgehead atoms. The lowest BCUT2D eigenvalue weighted by atomic mass is 10.1. The highest BCUT2D eigenvalue weighted by atomic mass is 16.6. The van der Waals surface area contributed by atoms with Gasteiger partial charge in [-0.05, 0) is 18.2 Å². The molecule has 0 amide bonds. The van der Waals surface area contributed by atoms with Gasteiger partial charge in [0.25, 0.3) is 5.69 Å². The van der Waals surface area contributed by atoms with Gasteiger partial charge in [0.1, 0.15) is 5.52 Å². The number of oxazole rings is 1. The number of methoxy groups -OCH3 is 2. The van der Waals surface area contributed by atoms with E-state index in [-0.39, 0.29) is 5.69 Å². The first kappa shape index (κ1) is 15.5. The van der Waals surface area contributed by atoms with Crippen molar-refractivity contribution in [1.82, 2.24) is 4.98 Å². The van der Waals surface area contributed by atoms with Gasteiger partial charge in [-0.2, -0.15) is 0 Å². The standard InChI is InChI=1S/C17H14N2O5/c1-22-15-5-3-4-11(17(15)23-2)6-9-16-18-13-10-12(19(20)21)7-8-14(13)24-16/h3-10H,1-2H3/b9-6+. The van der Waals surface area contributed by atoms with E-state index in [0.717, 1.165) is 5.56 Å². The van der Waals surface area contributed by atoms with Crippen LogP contribution in [0.3, 0.4) is 0 Å². The molecule has 0 radical (unpaired) electrons. The molecule has 122 valence electrons. The summed E-state index contributed by atoms with van der Waals surface area (Å²) in [6, 6.07) is 9.80. The Morgan fingerprint density at radius 1 is 1.17 bits per heavy atom. The van der Waals surface area contributed by atoms with E-state index in [1.807, 2.05) is 12.1 Å². The van der Waals surface area contributed by atoms with Crippen molar-refractivity contribution in [2.24, 2.45) is 0 Å². The fraction of sp³-hybridized carbons (Fsp3) is 0.118. The molecule has 0 aliphatic heterocycles. The van der Waals surface area contributed by atoms with Crippen LogP contribution in [0.5, 0.6) is 11.5 Å². The Bertz CT molecular complexity index is 930. The van der Waals surface area contributed by atoms with Crippen LogP contribution >= 0.6 is 0 Å². The average Bonchev–Trinajstić information content (AvgIpc) is 3.01. The number of benzene rings is 2. The maximum Gasteiger partial charge on any atom is 0.271 e. The van der Waals surface area contributed by atoms with Crippen molar-refractivity contribution in [3.8, 4) is 11.5 Å². The molecule has 0 fully saturated rings. The van der Waals surface area contributed by atoms with Crippen molar-refractivity contribution in [2.45, 2.75) is 0 Å². The summed E-state index contributed by atoms with van der Waals surface area (Å²) in [6.45, 7) is 0. The number of para-hydroxylation sites is 1. The summed E-state index contributed by atoms with van der Waals surface area (Å²) in [5, 5.41) is 10.8. The number of non-ortho nitro benzene ring substituents is 1. The third kappa shape index (κ3) is 2.91. The summed E-state index contributed by atoms with van der Waals surface area (Å²) in [7, 11) is 3.13. The Labute approximate surface area is 137 Å². The number of hydrogen-bond acceptors (Lipinski definition) is 6. The first-order chi connectivity index (χ1) is 11.6. The van der Waals surface area contributed by atoms with Gasteiger partial charge >= 0.3 is 0 Å². The van der Waals surface area contributed by atoms with Crippen molar-refractivity contribution in [1.29, 1.82) is 0 Å². The Kier molecular flexibility index (Phi) is 4.15. The molecule has 1 aromatic heterocycles. The fourth-order valence-electron chi connectivity index (χ4n) is 2.32. The molecule has 0 saturated carbocycles. The summed E-state index contributed by atoms with van der Waals surface area (Å²) >= 11 is 0. The summed E-state index contributed by atoms with van der Waals surface area (Å²) in [6.07, 6.45) is 3.45. The molecule has 0 unspecified atom stereocenters. The smallest absolute Gasteiger partial charge is 0.271 e. The topological polar surface area (TPSA) is 87.6 Å². The lowest BCUT2D eigenvalue weighted by Gasteiger charge is -2.09. The first-order valence-corrected chi connectivity index (χ1v) is 7.06. The molecule has 2 aromatic carbocycles. The third-order valence-corrected chi connectivity index (χ3v) is 3.44. The highest BCUT2D eigenvalue weighted by Crippen LogP contribution is 2.32. The SMILES string of the molecule is COc1cccc(/C=C/c2nc3cc([N+](=O)[O-])ccc3o2)c1OC. The van der Waals surface area contributed by atoms with Gasteiger partial charge in [-0.15, -0.1) is 0 Å². The predicted octanol–water partition coefficient (Wildman–Crippen LogP) is 3.92. The van der Waals surface area contributed by atoms with E-state index in [0.29, 0.717) is 28.5 Å². The van der Waals surface area contributed by atoms with E-state index in [9.17, 15) is 10.1 Å². The van der Waals surface area contributed by atoms with Gasteiger partial charge in [0.05, 0.1) is 19.1 Å². The molecule has 0 aliphatic carbocycles. The van der Waals surface area contributed by atoms with Gasteiger partial charge in [0.15, 0.2) is 17.1 Å². The maximum absolute atomic E-state index is 10.8. The van der Waals surface area contributed by atoms with Crippen LogP contribution < -0.4 is 9.47 Å². The number of nitro groups is 1. The number of aromatic nitrogens is 1. The molecule has 0 atom stereocenters. The molecule has 24 heavy (non-hydrogen) atoms. The molecule has 1 heterocycles. The van der Waals surface area contributed by atoms with Gasteiger partial charge in [-0.1, -0.05) is 12.1 Å². The molecule has 7 heteroatoms. The molecule has 0 spiro atoms. The predicted molar refractivity (Wildman–Crippen MR) is 89.1 cm³/mol. The van der Waals surface area contributed by atoms with Gasteiger partial charge < -0.3 is 13.9 Å². The van der Waals surface area contributed by atoms with Crippen LogP contribution in [0.4, 0.5) is 5.69 Å². The molecule has 0 saturated heterocycles. The van der Waals surface area contributed by atoms with Gasteiger partial charge in [0.2, 0.25) is 5.89 Å². The average molecular weight is 326 g/mol. The Morgan fingerprint density at radius 3 is 2.71 bits per heavy atom. The summed E-state index contributed by atoms with van der Waals surface area (Å²) in [5.74, 6) is 1.56. The zero-order valence-corrected chi connectivity index (χ0v) is 13.1. The number of ether oxygens (including phenoxy) is 2. The Balaban J connectivity index is 1.95. The lowest BCUT2D eigenvalue weighted by molar-refractivity contribution is -0.384. The van der Waals surface area contributed by atoms with Crippen LogP contribution in [0.15, 0.2) is 40.8 Å². The van der Waals surface area contributed by atoms with Crippen LogP contribution in [0, 0.1) is 10.1 Å². The van der Waals surface area contributed by atoms with Crippen LogP contribution in [0.2, 0.25) is 0 Å². The molecular formula is C17H14N2O5. The summed E-state index contributed by atoms with van der Waals surface area (Å²) in [4.78, 5) is 14.6. The minimum absolute atomic E-state index is 0.0270. The Morgan fingerprint density at radius 2 is 2.00 bits per heavy atom. The maximum atomic E-state index is 10.8. The highest BCUT2D eigenvalue weighted by molar-refractivity contribution is 5.79. The van der Waals surface area contributed by atoms with E-state index in [1.54, 1.807) is 32.4 Å². The van der Waals surface area contributed by atoms with E-state index in [4.69, 9.17) is 13.9 Å². The molecular weight excluding hydrogens is 312 g/mol. The number of hydrogen-bond donors (Lipinski definition) is 0. The second-order valence-corrected chi connectivity index (χ2v) is 4.88. The van der Waals surface area contributed by atoms with E-state index in [2.05, 4.69) is 4.98 Å². The number of nitrogens with zero attached hydrogens (tertiary/aromatic N) is 2. The number of nitro benzene ring substituents is 1. The molecule has 3 rings (SSSR count). The largest absolute Gasteiger partial charge is 0.493 e. The van der Waals surface area contributed by atoms with Gasteiger partial charge in [0, 0.05) is 23.8 Å². The van der Waals surface area contributed by atoms with Gasteiger partial charge in [-0.25, -0.2) is 4.98 Å². The monoisotopic (exact) mass is 326 g/mol. The summed E-state index contributed by atoms with van der Waals surface area (Å²) in [5.41, 5.74) is 1.69. The van der Waals surface area contributed by atoms with E-state index in [1.165, 1.54) is 18.2 Å². The van der Waals surface area contributed by atoms with Crippen LogP contribution in [-0.4, -0.2) is 24.1 Å². The number of rotatable bonds is 5. The van der Waals surface area contributed by atoms with Crippen LogP contribution in [0.25, 0.3) is 23.3 Å². The van der Waals surface area contributed by atoms with Crippen molar-refractivity contribution < 1.29 is 18.8 Å². The van der Waals surface area contributed by atoms with Gasteiger partial charge in [-0.3, -0.25) is 10.1 Å². The molecule has 0 N–H and O–H groups in total. The zero-order valence-electron chi connectivity index (χ0n) is 13.1. The zero-order chi connectivity index (χ0) is 17.1. The second-order valence-electron chi connectivity index (χ2n) is 4.88. The van der Waals surface area contributed by atoms with Crippen LogP contribution in [-0.2, 0) is 0 Å². The van der Waals surface area contributed by atoms with Crippen LogP contribution in [0.1, 0.15) is 11.5 Å². The van der Waals surface area contributed by atoms with Crippen molar-refractivity contribution in [3.05, 3.63) is 58.0 Å². The molecule has 0 aliphatic rings. The van der Waals surface area contributed by atoms with Crippen molar-refractivity contribution in [2.75, 3.05) is 14.2 Å². The van der Waals surface area contributed by atoms with Crippen molar-refractivity contribution in [3.63, 3.8) is 0 Å². The highest BCUT2D eigenvalue weighted by Gasteiger charge is 2.11. The van der Waals surface area contributed by atoms with E-state index < -0.39 is 4.92 Å². The third-order valence-electron chi connectivity index (χ3n) is 3.44. The lowest BCUT2D eigenvalue weighted by Crippen LogP contribution is -1.92. The quantitative estimate of drug-likeness (QED) is 0.521. The van der Waals surface area contributed by atoms with Crippen molar-refractivity contribution >= 4 is 28.9 Å². The first-order valence-electron chi connectivity index (χ1n) is 7.06. The Hall–Kier alpha value is -3.35. The minimum atomic E-state index is -0.468. The minimum Gasteiger partial charge on any atom is -0.493 e. The second kappa shape index (κ2) is 6.41. The fourth-order valence-corrected chi connectivity index (χ4v) is 2.32. The number of fused-ring (bicyclic) bond motifs is 1. The molecule has 7 nitrogen and oxygen atoms in total.